The predicted octanol–water partition coefficient (Wildman–Crippen LogP) is 4.49. The van der Waals surface area contributed by atoms with Crippen molar-refractivity contribution in [1.29, 1.82) is 0 Å². The van der Waals surface area contributed by atoms with E-state index in [0.29, 0.717) is 5.56 Å². The molecule has 10 nitrogen and oxygen atoms in total. The fourth-order valence-corrected chi connectivity index (χ4v) is 4.12. The molecule has 182 valence electrons. The maximum Gasteiger partial charge on any atom is 0.339 e. The summed E-state index contributed by atoms with van der Waals surface area (Å²) in [4.78, 5) is 22.4. The van der Waals surface area contributed by atoms with Crippen molar-refractivity contribution in [3.05, 3.63) is 92.5 Å². The lowest BCUT2D eigenvalue weighted by molar-refractivity contribution is -0.384. The van der Waals surface area contributed by atoms with Crippen LogP contribution in [0, 0.1) is 17.0 Å². The topological polar surface area (TPSA) is 137 Å². The third kappa shape index (κ3) is 6.55. The average molecular weight is 518 g/mol. The quantitative estimate of drug-likeness (QED) is 0.191. The average Bonchev–Trinajstić information content (AvgIpc) is 2.81. The van der Waals surface area contributed by atoms with E-state index >= 15 is 0 Å². The Kier molecular flexibility index (Phi) is 8.05. The van der Waals surface area contributed by atoms with E-state index in [1.807, 2.05) is 6.92 Å². The first-order valence-corrected chi connectivity index (χ1v) is 11.9. The third-order valence-corrected chi connectivity index (χ3v) is 6.05. The number of hydrogen-bond acceptors (Lipinski definition) is 8. The molecular weight excluding hydrogens is 498 g/mol. The van der Waals surface area contributed by atoms with Crippen molar-refractivity contribution >= 4 is 39.5 Å². The molecule has 0 fully saturated rings. The lowest BCUT2D eigenvalue weighted by atomic mass is 10.2. The van der Waals surface area contributed by atoms with Gasteiger partial charge in [0.1, 0.15) is 4.90 Å². The monoisotopic (exact) mass is 517 g/mol. The Hall–Kier alpha value is -3.96. The summed E-state index contributed by atoms with van der Waals surface area (Å²) in [6, 6.07) is 14.1. The largest absolute Gasteiger partial charge is 0.490 e. The van der Waals surface area contributed by atoms with Gasteiger partial charge >= 0.3 is 10.1 Å². The normalized spacial score (nSPS) is 11.3. The number of halogens is 1. The molecule has 3 aromatic rings. The lowest BCUT2D eigenvalue weighted by Crippen LogP contribution is -2.17. The van der Waals surface area contributed by atoms with E-state index < -0.39 is 20.9 Å². The number of carbonyl (C=O) groups is 1. The number of ether oxygens (including phenoxy) is 1. The van der Waals surface area contributed by atoms with Gasteiger partial charge in [-0.3, -0.25) is 14.9 Å². The van der Waals surface area contributed by atoms with Gasteiger partial charge in [-0.2, -0.15) is 13.5 Å². The number of hydrogen-bond donors (Lipinski definition) is 1. The second-order valence-corrected chi connectivity index (χ2v) is 9.07. The Morgan fingerprint density at radius 2 is 1.89 bits per heavy atom. The van der Waals surface area contributed by atoms with Crippen molar-refractivity contribution in [2.75, 3.05) is 6.61 Å². The van der Waals surface area contributed by atoms with E-state index in [-0.39, 0.29) is 39.3 Å². The van der Waals surface area contributed by atoms with Crippen LogP contribution in [-0.4, -0.2) is 32.1 Å². The number of nitro groups is 1. The van der Waals surface area contributed by atoms with Crippen LogP contribution >= 0.6 is 11.6 Å². The molecule has 1 amide bonds. The van der Waals surface area contributed by atoms with Gasteiger partial charge in [0.25, 0.3) is 11.6 Å². The highest BCUT2D eigenvalue weighted by Crippen LogP contribution is 2.38. The molecule has 0 unspecified atom stereocenters. The molecule has 0 aromatic heterocycles. The van der Waals surface area contributed by atoms with Gasteiger partial charge in [-0.25, -0.2) is 5.43 Å². The number of aryl methyl sites for hydroxylation is 1. The van der Waals surface area contributed by atoms with E-state index in [1.54, 1.807) is 19.1 Å². The first-order valence-electron chi connectivity index (χ1n) is 10.2. The van der Waals surface area contributed by atoms with Crippen molar-refractivity contribution in [2.24, 2.45) is 5.10 Å². The highest BCUT2D eigenvalue weighted by Gasteiger charge is 2.22. The maximum absolute atomic E-state index is 12.7. The van der Waals surface area contributed by atoms with Gasteiger partial charge in [-0.05, 0) is 49.7 Å². The molecule has 0 saturated heterocycles. The maximum atomic E-state index is 12.7. The zero-order valence-electron chi connectivity index (χ0n) is 18.6. The predicted molar refractivity (Wildman–Crippen MR) is 130 cm³/mol. The molecule has 0 atom stereocenters. The number of benzene rings is 3. The van der Waals surface area contributed by atoms with Gasteiger partial charge < -0.3 is 8.92 Å². The molecule has 0 heterocycles. The summed E-state index contributed by atoms with van der Waals surface area (Å²) in [5.41, 5.74) is 3.34. The second-order valence-electron chi connectivity index (χ2n) is 7.12. The summed E-state index contributed by atoms with van der Waals surface area (Å²) in [6.07, 6.45) is 1.25. The van der Waals surface area contributed by atoms with Gasteiger partial charge in [0, 0.05) is 17.7 Å². The summed E-state index contributed by atoms with van der Waals surface area (Å²) >= 11 is 6.29. The van der Waals surface area contributed by atoms with Crippen LogP contribution < -0.4 is 14.3 Å². The fourth-order valence-electron chi connectivity index (χ4n) is 2.86. The number of nitrogens with one attached hydrogen (secondary N) is 1. The molecule has 35 heavy (non-hydrogen) atoms. The van der Waals surface area contributed by atoms with Crippen LogP contribution in [0.2, 0.25) is 5.02 Å². The van der Waals surface area contributed by atoms with Crippen LogP contribution in [0.5, 0.6) is 11.5 Å². The highest BCUT2D eigenvalue weighted by molar-refractivity contribution is 7.87. The molecule has 3 aromatic carbocycles. The lowest BCUT2D eigenvalue weighted by Gasteiger charge is -2.14. The van der Waals surface area contributed by atoms with Crippen LogP contribution in [0.3, 0.4) is 0 Å². The van der Waals surface area contributed by atoms with Crippen molar-refractivity contribution in [2.45, 2.75) is 18.7 Å². The molecule has 0 radical (unpaired) electrons. The molecule has 0 bridgehead atoms. The number of nitro benzene ring substituents is 1. The Bertz CT molecular complexity index is 1390. The minimum Gasteiger partial charge on any atom is -0.490 e. The van der Waals surface area contributed by atoms with Crippen LogP contribution in [0.25, 0.3) is 0 Å². The summed E-state index contributed by atoms with van der Waals surface area (Å²) in [5, 5.41) is 14.6. The van der Waals surface area contributed by atoms with E-state index in [2.05, 4.69) is 10.5 Å². The molecular formula is C23H20ClN3O7S. The number of carbonyl (C=O) groups excluding carboxylic acids is 1. The van der Waals surface area contributed by atoms with E-state index in [4.69, 9.17) is 20.5 Å². The molecule has 0 aliphatic carbocycles. The van der Waals surface area contributed by atoms with Crippen LogP contribution in [0.15, 0.2) is 70.7 Å². The van der Waals surface area contributed by atoms with Crippen molar-refractivity contribution in [3.63, 3.8) is 0 Å². The molecule has 12 heteroatoms. The van der Waals surface area contributed by atoms with Gasteiger partial charge in [0.05, 0.1) is 22.8 Å². The van der Waals surface area contributed by atoms with Crippen LogP contribution in [0.4, 0.5) is 5.69 Å². The van der Waals surface area contributed by atoms with E-state index in [0.717, 1.165) is 11.6 Å². The second kappa shape index (κ2) is 11.0. The Morgan fingerprint density at radius 1 is 1.17 bits per heavy atom. The van der Waals surface area contributed by atoms with Crippen LogP contribution in [-0.2, 0) is 10.1 Å². The highest BCUT2D eigenvalue weighted by atomic mass is 35.5. The van der Waals surface area contributed by atoms with Crippen molar-refractivity contribution in [3.8, 4) is 11.5 Å². The minimum absolute atomic E-state index is 0.0453. The summed E-state index contributed by atoms with van der Waals surface area (Å²) in [6.45, 7) is 3.72. The molecule has 0 aliphatic rings. The Labute approximate surface area is 206 Å². The smallest absolute Gasteiger partial charge is 0.339 e. The number of non-ortho nitro benzene ring substituents is 1. The number of hydrazone groups is 1. The Morgan fingerprint density at radius 3 is 2.54 bits per heavy atom. The molecule has 3 rings (SSSR count). The fraction of sp³-hybridized carbons (Fsp3) is 0.130. The van der Waals surface area contributed by atoms with Gasteiger partial charge in [0.15, 0.2) is 5.75 Å². The zero-order chi connectivity index (χ0) is 25.6. The summed E-state index contributed by atoms with van der Waals surface area (Å²) < 4.78 is 36.2. The summed E-state index contributed by atoms with van der Waals surface area (Å²) in [7, 11) is -4.18. The van der Waals surface area contributed by atoms with Gasteiger partial charge in [-0.15, -0.1) is 0 Å². The Balaban J connectivity index is 1.81. The number of rotatable bonds is 9. The van der Waals surface area contributed by atoms with E-state index in [9.17, 15) is 23.3 Å². The van der Waals surface area contributed by atoms with Gasteiger partial charge in [-0.1, -0.05) is 35.4 Å². The minimum atomic E-state index is -4.18. The van der Waals surface area contributed by atoms with Gasteiger partial charge in [0.2, 0.25) is 5.75 Å². The molecule has 1 N–H and O–H groups in total. The number of amides is 1. The third-order valence-electron chi connectivity index (χ3n) is 4.53. The molecule has 0 aliphatic heterocycles. The first kappa shape index (κ1) is 25.7. The summed E-state index contributed by atoms with van der Waals surface area (Å²) in [5.74, 6) is -0.792. The SMILES string of the molecule is CCOc1cc(/C=N\NC(=O)c2cccc([N+](=O)[O-])c2)cc(Cl)c1OS(=O)(=O)c1ccc(C)cc1. The van der Waals surface area contributed by atoms with Crippen molar-refractivity contribution < 1.29 is 27.1 Å². The zero-order valence-corrected chi connectivity index (χ0v) is 20.2. The standard InChI is InChI=1S/C23H20ClN3O7S/c1-3-33-21-12-16(14-25-26-23(28)17-5-4-6-18(13-17)27(29)30)11-20(24)22(21)34-35(31,32)19-9-7-15(2)8-10-19/h4-14H,3H2,1-2H3,(H,26,28)/b25-14-. The van der Waals surface area contributed by atoms with E-state index in [1.165, 1.54) is 48.7 Å². The molecule has 0 spiro atoms. The number of nitrogens with zero attached hydrogens (tertiary/aromatic N) is 2. The van der Waals surface area contributed by atoms with Crippen LogP contribution in [0.1, 0.15) is 28.4 Å². The van der Waals surface area contributed by atoms with Crippen molar-refractivity contribution in [1.82, 2.24) is 5.43 Å². The molecule has 0 saturated carbocycles. The first-order chi connectivity index (χ1) is 16.6.